The summed E-state index contributed by atoms with van der Waals surface area (Å²) in [5, 5.41) is 8.45. The Morgan fingerprint density at radius 2 is 1.74 bits per heavy atom. The monoisotopic (exact) mass is 425 g/mol. The Bertz CT molecular complexity index is 1060. The summed E-state index contributed by atoms with van der Waals surface area (Å²) in [6, 6.07) is 9.23. The molecule has 3 rings (SSSR count). The highest BCUT2D eigenvalue weighted by Gasteiger charge is 2.23. The number of anilines is 1. The van der Waals surface area contributed by atoms with Gasteiger partial charge in [0.1, 0.15) is 5.69 Å². The Labute approximate surface area is 169 Å². The molecule has 0 N–H and O–H groups in total. The standard InChI is InChI=1S/C17H14Cl3N5O2/c1-3-23(11-7-8-12(18)10(2)9-11)16(26)25-17(27)24(21-22-25)15-13(19)5-4-6-14(15)20/h4-9H,3H2,1-2H3. The number of aryl methyl sites for hydroxylation is 1. The molecule has 0 atom stereocenters. The third-order valence-electron chi connectivity index (χ3n) is 3.91. The van der Waals surface area contributed by atoms with Crippen LogP contribution in [0.15, 0.2) is 41.2 Å². The van der Waals surface area contributed by atoms with Crippen molar-refractivity contribution >= 4 is 46.5 Å². The Morgan fingerprint density at radius 1 is 1.07 bits per heavy atom. The number of hydrogen-bond donors (Lipinski definition) is 0. The average molecular weight is 427 g/mol. The number of nitrogens with zero attached hydrogens (tertiary/aromatic N) is 5. The fourth-order valence-corrected chi connectivity index (χ4v) is 3.21. The zero-order valence-corrected chi connectivity index (χ0v) is 16.6. The highest BCUT2D eigenvalue weighted by atomic mass is 35.5. The Hall–Kier alpha value is -2.35. The summed E-state index contributed by atoms with van der Waals surface area (Å²) in [5.74, 6) is 0. The number of carbonyl (C=O) groups is 1. The molecule has 10 heteroatoms. The number of carbonyl (C=O) groups excluding carboxylic acids is 1. The lowest BCUT2D eigenvalue weighted by Crippen LogP contribution is -2.41. The van der Waals surface area contributed by atoms with Crippen molar-refractivity contribution in [2.75, 3.05) is 11.4 Å². The van der Waals surface area contributed by atoms with Crippen molar-refractivity contribution in [1.82, 2.24) is 19.8 Å². The maximum Gasteiger partial charge on any atom is 0.377 e. The smallest absolute Gasteiger partial charge is 0.293 e. The van der Waals surface area contributed by atoms with Gasteiger partial charge < -0.3 is 0 Å². The van der Waals surface area contributed by atoms with Crippen molar-refractivity contribution in [1.29, 1.82) is 0 Å². The fraction of sp³-hybridized carbons (Fsp3) is 0.176. The van der Waals surface area contributed by atoms with Gasteiger partial charge in [0.05, 0.1) is 10.0 Å². The van der Waals surface area contributed by atoms with E-state index in [0.717, 1.165) is 10.2 Å². The minimum Gasteiger partial charge on any atom is -0.293 e. The van der Waals surface area contributed by atoms with Gasteiger partial charge in [-0.2, -0.15) is 4.68 Å². The van der Waals surface area contributed by atoms with E-state index in [1.807, 2.05) is 6.92 Å². The quantitative estimate of drug-likeness (QED) is 0.589. The molecular formula is C17H14Cl3N5O2. The van der Waals surface area contributed by atoms with Gasteiger partial charge in [-0.25, -0.2) is 9.59 Å². The minimum absolute atomic E-state index is 0.162. The van der Waals surface area contributed by atoms with Gasteiger partial charge in [-0.05, 0) is 60.2 Å². The first-order valence-electron chi connectivity index (χ1n) is 7.92. The van der Waals surface area contributed by atoms with E-state index in [2.05, 4.69) is 10.4 Å². The van der Waals surface area contributed by atoms with Gasteiger partial charge in [0.2, 0.25) is 0 Å². The van der Waals surface area contributed by atoms with Crippen LogP contribution in [-0.4, -0.2) is 32.4 Å². The van der Waals surface area contributed by atoms with Gasteiger partial charge >= 0.3 is 11.7 Å². The molecule has 0 bridgehead atoms. The number of hydrogen-bond acceptors (Lipinski definition) is 4. The van der Waals surface area contributed by atoms with Crippen LogP contribution in [0.3, 0.4) is 0 Å². The molecule has 0 unspecified atom stereocenters. The van der Waals surface area contributed by atoms with E-state index >= 15 is 0 Å². The molecule has 0 aliphatic heterocycles. The van der Waals surface area contributed by atoms with Gasteiger partial charge in [-0.1, -0.05) is 40.9 Å². The number of rotatable bonds is 3. The molecule has 7 nitrogen and oxygen atoms in total. The van der Waals surface area contributed by atoms with Crippen LogP contribution >= 0.6 is 34.8 Å². The third kappa shape index (κ3) is 3.58. The van der Waals surface area contributed by atoms with E-state index < -0.39 is 11.7 Å². The molecule has 140 valence electrons. The molecule has 2 aromatic carbocycles. The molecule has 0 aliphatic carbocycles. The normalized spacial score (nSPS) is 10.9. The van der Waals surface area contributed by atoms with Crippen LogP contribution in [0.4, 0.5) is 10.5 Å². The summed E-state index contributed by atoms with van der Waals surface area (Å²) in [6.07, 6.45) is 0. The predicted octanol–water partition coefficient (Wildman–Crippen LogP) is 4.19. The molecule has 1 aromatic heterocycles. The molecule has 0 fully saturated rings. The number of amides is 1. The second kappa shape index (κ2) is 7.72. The lowest BCUT2D eigenvalue weighted by atomic mass is 10.2. The third-order valence-corrected chi connectivity index (χ3v) is 4.95. The first-order valence-corrected chi connectivity index (χ1v) is 9.06. The van der Waals surface area contributed by atoms with Crippen molar-refractivity contribution in [3.63, 3.8) is 0 Å². The van der Waals surface area contributed by atoms with Crippen molar-refractivity contribution < 1.29 is 4.79 Å². The summed E-state index contributed by atoms with van der Waals surface area (Å²) in [6.45, 7) is 3.92. The first-order chi connectivity index (χ1) is 12.8. The van der Waals surface area contributed by atoms with E-state index in [1.165, 1.54) is 4.90 Å². The van der Waals surface area contributed by atoms with E-state index in [0.29, 0.717) is 21.9 Å². The summed E-state index contributed by atoms with van der Waals surface area (Å²) < 4.78 is 1.55. The van der Waals surface area contributed by atoms with Crippen molar-refractivity contribution in [2.45, 2.75) is 13.8 Å². The zero-order chi connectivity index (χ0) is 19.7. The Morgan fingerprint density at radius 3 is 2.33 bits per heavy atom. The number of benzene rings is 2. The molecule has 0 saturated carbocycles. The van der Waals surface area contributed by atoms with Crippen LogP contribution in [-0.2, 0) is 0 Å². The molecular weight excluding hydrogens is 413 g/mol. The predicted molar refractivity (Wildman–Crippen MR) is 106 cm³/mol. The van der Waals surface area contributed by atoms with E-state index in [9.17, 15) is 9.59 Å². The van der Waals surface area contributed by atoms with Crippen LogP contribution < -0.4 is 10.6 Å². The van der Waals surface area contributed by atoms with E-state index in [4.69, 9.17) is 34.8 Å². The molecule has 0 radical (unpaired) electrons. The molecule has 0 aliphatic rings. The molecule has 0 spiro atoms. The second-order valence-electron chi connectivity index (χ2n) is 5.62. The van der Waals surface area contributed by atoms with Crippen molar-refractivity contribution in [3.05, 3.63) is 67.5 Å². The van der Waals surface area contributed by atoms with Crippen LogP contribution in [0.5, 0.6) is 0 Å². The Kier molecular flexibility index (Phi) is 5.55. The number of halogens is 3. The number of tetrazole rings is 1. The lowest BCUT2D eigenvalue weighted by Gasteiger charge is -2.20. The molecule has 27 heavy (non-hydrogen) atoms. The number of para-hydroxylation sites is 1. The van der Waals surface area contributed by atoms with Crippen LogP contribution in [0.25, 0.3) is 5.69 Å². The topological polar surface area (TPSA) is 73.0 Å². The molecule has 1 heterocycles. The van der Waals surface area contributed by atoms with Gasteiger partial charge in [0, 0.05) is 17.3 Å². The molecule has 0 saturated heterocycles. The Balaban J connectivity index is 2.04. The van der Waals surface area contributed by atoms with Gasteiger partial charge in [0.25, 0.3) is 0 Å². The summed E-state index contributed by atoms with van der Waals surface area (Å²) >= 11 is 18.3. The van der Waals surface area contributed by atoms with Gasteiger partial charge in [-0.3, -0.25) is 4.90 Å². The fourth-order valence-electron chi connectivity index (χ4n) is 2.54. The highest BCUT2D eigenvalue weighted by Crippen LogP contribution is 2.26. The van der Waals surface area contributed by atoms with Gasteiger partial charge in [0.15, 0.2) is 0 Å². The summed E-state index contributed by atoms with van der Waals surface area (Å²) in [5.41, 5.74) is 0.773. The van der Waals surface area contributed by atoms with E-state index in [-0.39, 0.29) is 15.7 Å². The SMILES string of the molecule is CCN(C(=O)n1nnn(-c2c(Cl)cccc2Cl)c1=O)c1ccc(Cl)c(C)c1. The zero-order valence-electron chi connectivity index (χ0n) is 14.4. The second-order valence-corrected chi connectivity index (χ2v) is 6.84. The van der Waals surface area contributed by atoms with Crippen LogP contribution in [0.2, 0.25) is 15.1 Å². The van der Waals surface area contributed by atoms with E-state index in [1.54, 1.807) is 43.3 Å². The number of aromatic nitrogens is 4. The van der Waals surface area contributed by atoms with Crippen LogP contribution in [0.1, 0.15) is 12.5 Å². The molecule has 1 amide bonds. The minimum atomic E-state index is -0.779. The maximum absolute atomic E-state index is 12.9. The summed E-state index contributed by atoms with van der Waals surface area (Å²) in [4.78, 5) is 27.0. The van der Waals surface area contributed by atoms with Crippen molar-refractivity contribution in [3.8, 4) is 5.69 Å². The highest BCUT2D eigenvalue weighted by molar-refractivity contribution is 6.37. The van der Waals surface area contributed by atoms with Gasteiger partial charge in [-0.15, -0.1) is 4.68 Å². The largest absolute Gasteiger partial charge is 0.377 e. The maximum atomic E-state index is 12.9. The first kappa shape index (κ1) is 19.4. The van der Waals surface area contributed by atoms with Crippen LogP contribution in [0, 0.1) is 6.92 Å². The summed E-state index contributed by atoms with van der Waals surface area (Å²) in [7, 11) is 0. The lowest BCUT2D eigenvalue weighted by molar-refractivity contribution is 0.244. The molecule has 3 aromatic rings. The average Bonchev–Trinajstić information content (AvgIpc) is 3.00. The van der Waals surface area contributed by atoms with Crippen molar-refractivity contribution in [2.24, 2.45) is 0 Å².